The molecule has 2 nitrogen and oxygen atoms in total. The molecule has 64 valence electrons. The molecule has 0 heterocycles. The van der Waals surface area contributed by atoms with Crippen molar-refractivity contribution in [2.45, 2.75) is 0 Å². The Morgan fingerprint density at radius 2 is 1.83 bits per heavy atom. The van der Waals surface area contributed by atoms with Gasteiger partial charge in [0.25, 0.3) is 0 Å². The van der Waals surface area contributed by atoms with E-state index in [2.05, 4.69) is 11.9 Å². The number of carbonyl (C=O) groups excluding carboxylic acids is 1. The second kappa shape index (κ2) is 7.54. The summed E-state index contributed by atoms with van der Waals surface area (Å²) in [5, 5.41) is 3.03. The van der Waals surface area contributed by atoms with Crippen LogP contribution in [0.5, 0.6) is 0 Å². The maximum Gasteiger partial charge on any atom is 0.142 e. The van der Waals surface area contributed by atoms with Gasteiger partial charge in [-0.05, 0) is 18.2 Å². The summed E-state index contributed by atoms with van der Waals surface area (Å²) in [5.41, 5.74) is 1.16. The van der Waals surface area contributed by atoms with Crippen LogP contribution in [-0.4, -0.2) is 13.3 Å². The van der Waals surface area contributed by atoms with Crippen LogP contribution in [-0.2, 0) is 4.79 Å². The topological polar surface area (TPSA) is 29.1 Å². The fraction of sp³-hybridized carbons (Fsp3) is 0.100. The van der Waals surface area contributed by atoms with E-state index in [9.17, 15) is 0 Å². The normalized spacial score (nSPS) is 7.42. The largest absolute Gasteiger partial charge is 0.388 e. The van der Waals surface area contributed by atoms with E-state index in [1.807, 2.05) is 37.4 Å². The number of hydrogen-bond donors (Lipinski definition) is 1. The summed E-state index contributed by atoms with van der Waals surface area (Å²) in [7, 11) is 1.91. The van der Waals surface area contributed by atoms with Gasteiger partial charge < -0.3 is 5.32 Å². The van der Waals surface area contributed by atoms with Crippen LogP contribution in [0.3, 0.4) is 0 Å². The van der Waals surface area contributed by atoms with E-state index in [1.165, 1.54) is 6.08 Å². The van der Waals surface area contributed by atoms with E-state index in [1.54, 1.807) is 0 Å². The molecule has 1 aromatic rings. The average molecular weight is 163 g/mol. The fourth-order valence-corrected chi connectivity index (χ4v) is 0.605. The third-order valence-corrected chi connectivity index (χ3v) is 1.16. The molecule has 0 aliphatic heterocycles. The fourth-order valence-electron chi connectivity index (χ4n) is 0.605. The smallest absolute Gasteiger partial charge is 0.142 e. The highest BCUT2D eigenvalue weighted by Crippen LogP contribution is 2.01. The zero-order valence-corrected chi connectivity index (χ0v) is 7.16. The molecule has 0 aliphatic rings. The first-order chi connectivity index (χ1) is 5.85. The van der Waals surface area contributed by atoms with Crippen molar-refractivity contribution in [1.29, 1.82) is 0 Å². The molecule has 2 heteroatoms. The molecule has 0 aliphatic carbocycles. The molecule has 12 heavy (non-hydrogen) atoms. The second-order valence-electron chi connectivity index (χ2n) is 1.99. The Morgan fingerprint density at radius 3 is 2.08 bits per heavy atom. The first-order valence-corrected chi connectivity index (χ1v) is 3.64. The molecule has 0 unspecified atom stereocenters. The molecule has 0 aromatic heterocycles. The van der Waals surface area contributed by atoms with E-state index < -0.39 is 0 Å². The molecular weight excluding hydrogens is 150 g/mol. The number of para-hydroxylation sites is 1. The molecule has 1 rings (SSSR count). The van der Waals surface area contributed by atoms with E-state index in [4.69, 9.17) is 4.79 Å². The minimum atomic E-state index is 0.639. The van der Waals surface area contributed by atoms with Crippen LogP contribution in [0.1, 0.15) is 0 Å². The molecule has 0 saturated heterocycles. The Hall–Kier alpha value is -1.57. The van der Waals surface area contributed by atoms with Crippen LogP contribution >= 0.6 is 0 Å². The maximum absolute atomic E-state index is 9.06. The molecule has 1 aromatic carbocycles. The average Bonchev–Trinajstić information content (AvgIpc) is 2.19. The third-order valence-electron chi connectivity index (χ3n) is 1.16. The maximum atomic E-state index is 9.06. The Labute approximate surface area is 72.9 Å². The highest BCUT2D eigenvalue weighted by molar-refractivity contribution is 5.63. The van der Waals surface area contributed by atoms with Crippen molar-refractivity contribution in [2.24, 2.45) is 0 Å². The lowest BCUT2D eigenvalue weighted by Crippen LogP contribution is -1.84. The van der Waals surface area contributed by atoms with Gasteiger partial charge in [-0.3, -0.25) is 4.79 Å². The number of nitrogens with one attached hydrogen (secondary N) is 1. The summed E-state index contributed by atoms with van der Waals surface area (Å²) >= 11 is 0. The van der Waals surface area contributed by atoms with E-state index in [0.717, 1.165) is 5.69 Å². The summed E-state index contributed by atoms with van der Waals surface area (Å²) in [6, 6.07) is 10.1. The lowest BCUT2D eigenvalue weighted by atomic mass is 10.3. The predicted molar refractivity (Wildman–Crippen MR) is 52.2 cm³/mol. The van der Waals surface area contributed by atoms with E-state index in [0.29, 0.717) is 6.29 Å². The molecule has 0 spiro atoms. The standard InChI is InChI=1S/C7H9N.C3H4O/c1-8-7-5-3-2-4-6-7;1-2-3-4/h2-6,8H,1H3;2-3H,1H2. The first-order valence-electron chi connectivity index (χ1n) is 3.64. The van der Waals surface area contributed by atoms with Gasteiger partial charge in [0.15, 0.2) is 0 Å². The van der Waals surface area contributed by atoms with Crippen molar-refractivity contribution in [2.75, 3.05) is 12.4 Å². The summed E-state index contributed by atoms with van der Waals surface area (Å²) in [5.74, 6) is 0. The molecule has 0 saturated carbocycles. The van der Waals surface area contributed by atoms with Gasteiger partial charge in [-0.15, -0.1) is 0 Å². The van der Waals surface area contributed by atoms with Gasteiger partial charge in [-0.25, -0.2) is 0 Å². The van der Waals surface area contributed by atoms with Crippen LogP contribution < -0.4 is 5.32 Å². The Bertz CT molecular complexity index is 213. The number of rotatable bonds is 2. The predicted octanol–water partition coefficient (Wildman–Crippen LogP) is 2.10. The quantitative estimate of drug-likeness (QED) is 0.534. The van der Waals surface area contributed by atoms with Gasteiger partial charge >= 0.3 is 0 Å². The van der Waals surface area contributed by atoms with Crippen LogP contribution in [0.2, 0.25) is 0 Å². The minimum Gasteiger partial charge on any atom is -0.388 e. The van der Waals surface area contributed by atoms with Crippen molar-refractivity contribution in [3.05, 3.63) is 43.0 Å². The Morgan fingerprint density at radius 1 is 1.33 bits per heavy atom. The lowest BCUT2D eigenvalue weighted by molar-refractivity contribution is -0.104. The molecule has 0 radical (unpaired) electrons. The monoisotopic (exact) mass is 163 g/mol. The van der Waals surface area contributed by atoms with Crippen molar-refractivity contribution >= 4 is 12.0 Å². The first kappa shape index (κ1) is 10.4. The van der Waals surface area contributed by atoms with Crippen LogP contribution in [0, 0.1) is 0 Å². The summed E-state index contributed by atoms with van der Waals surface area (Å²) in [6.45, 7) is 3.11. The molecule has 0 bridgehead atoms. The molecular formula is C10H13NO. The minimum absolute atomic E-state index is 0.639. The zero-order chi connectivity index (χ0) is 9.23. The van der Waals surface area contributed by atoms with Gasteiger partial charge in [0, 0.05) is 12.7 Å². The second-order valence-corrected chi connectivity index (χ2v) is 1.99. The Balaban J connectivity index is 0.000000261. The number of aldehydes is 1. The third kappa shape index (κ3) is 5.23. The highest BCUT2D eigenvalue weighted by Gasteiger charge is 1.77. The van der Waals surface area contributed by atoms with Crippen molar-refractivity contribution in [1.82, 2.24) is 0 Å². The summed E-state index contributed by atoms with van der Waals surface area (Å²) in [6.07, 6.45) is 1.83. The molecule has 1 N–H and O–H groups in total. The lowest BCUT2D eigenvalue weighted by Gasteiger charge is -1.94. The van der Waals surface area contributed by atoms with Gasteiger partial charge in [-0.1, -0.05) is 24.8 Å². The molecule has 0 amide bonds. The van der Waals surface area contributed by atoms with E-state index in [-0.39, 0.29) is 0 Å². The SMILES string of the molecule is C=CC=O.CNc1ccccc1. The van der Waals surface area contributed by atoms with Gasteiger partial charge in [0.2, 0.25) is 0 Å². The van der Waals surface area contributed by atoms with Gasteiger partial charge in [0.1, 0.15) is 6.29 Å². The van der Waals surface area contributed by atoms with Crippen molar-refractivity contribution in [3.8, 4) is 0 Å². The zero-order valence-electron chi connectivity index (χ0n) is 7.16. The van der Waals surface area contributed by atoms with Crippen molar-refractivity contribution < 1.29 is 4.79 Å². The number of anilines is 1. The Kier molecular flexibility index (Phi) is 6.55. The van der Waals surface area contributed by atoms with Crippen molar-refractivity contribution in [3.63, 3.8) is 0 Å². The highest BCUT2D eigenvalue weighted by atomic mass is 16.1. The van der Waals surface area contributed by atoms with Crippen LogP contribution in [0.15, 0.2) is 43.0 Å². The molecule has 0 atom stereocenters. The number of hydrogen-bond acceptors (Lipinski definition) is 2. The van der Waals surface area contributed by atoms with Crippen LogP contribution in [0.4, 0.5) is 5.69 Å². The number of carbonyl (C=O) groups is 1. The van der Waals surface area contributed by atoms with Crippen LogP contribution in [0.25, 0.3) is 0 Å². The number of allylic oxidation sites excluding steroid dienone is 1. The van der Waals surface area contributed by atoms with Gasteiger partial charge in [-0.2, -0.15) is 0 Å². The summed E-state index contributed by atoms with van der Waals surface area (Å²) < 4.78 is 0. The summed E-state index contributed by atoms with van der Waals surface area (Å²) in [4.78, 5) is 9.06. The molecule has 0 fully saturated rings. The number of benzene rings is 1. The van der Waals surface area contributed by atoms with E-state index >= 15 is 0 Å². The van der Waals surface area contributed by atoms with Gasteiger partial charge in [0.05, 0.1) is 0 Å².